The quantitative estimate of drug-likeness (QED) is 0.594. The van der Waals surface area contributed by atoms with Gasteiger partial charge in [0.2, 0.25) is 0 Å². The van der Waals surface area contributed by atoms with Crippen molar-refractivity contribution in [2.45, 2.75) is 40.3 Å². The maximum atomic E-state index is 5.86. The Balaban J connectivity index is 1.95. The van der Waals surface area contributed by atoms with Gasteiger partial charge in [-0.2, -0.15) is 0 Å². The van der Waals surface area contributed by atoms with Gasteiger partial charge in [0.25, 0.3) is 0 Å². The lowest BCUT2D eigenvalue weighted by Crippen LogP contribution is -2.37. The van der Waals surface area contributed by atoms with E-state index < -0.39 is 0 Å². The van der Waals surface area contributed by atoms with Gasteiger partial charge in [-0.3, -0.25) is 4.99 Å². The molecule has 0 atom stereocenters. The maximum absolute atomic E-state index is 5.86. The lowest BCUT2D eigenvalue weighted by molar-refractivity contribution is 0.313. The summed E-state index contributed by atoms with van der Waals surface area (Å²) in [4.78, 5) is 4.26. The first-order chi connectivity index (χ1) is 12.0. The third-order valence-corrected chi connectivity index (χ3v) is 3.95. The first-order valence-corrected chi connectivity index (χ1v) is 8.56. The van der Waals surface area contributed by atoms with Crippen LogP contribution in [-0.2, 0) is 20.1 Å². The number of benzene rings is 1. The van der Waals surface area contributed by atoms with Gasteiger partial charge >= 0.3 is 0 Å². The second kappa shape index (κ2) is 9.05. The summed E-state index contributed by atoms with van der Waals surface area (Å²) in [5.41, 5.74) is 2.30. The predicted molar refractivity (Wildman–Crippen MR) is 99.7 cm³/mol. The Morgan fingerprint density at radius 1 is 1.20 bits per heavy atom. The van der Waals surface area contributed by atoms with Gasteiger partial charge in [0, 0.05) is 26.2 Å². The van der Waals surface area contributed by atoms with Crippen molar-refractivity contribution in [3.05, 3.63) is 41.0 Å². The number of aryl methyl sites for hydroxylation is 2. The topological polar surface area (TPSA) is 76.4 Å². The molecule has 0 aliphatic carbocycles. The van der Waals surface area contributed by atoms with Crippen molar-refractivity contribution in [3.63, 3.8) is 0 Å². The number of aliphatic imine (C=N–C) groups is 1. The lowest BCUT2D eigenvalue weighted by Gasteiger charge is -2.15. The Morgan fingerprint density at radius 3 is 2.60 bits per heavy atom. The van der Waals surface area contributed by atoms with Crippen molar-refractivity contribution in [2.24, 2.45) is 12.0 Å². The van der Waals surface area contributed by atoms with E-state index in [1.165, 1.54) is 5.56 Å². The van der Waals surface area contributed by atoms with Crippen molar-refractivity contribution in [3.8, 4) is 5.75 Å². The summed E-state index contributed by atoms with van der Waals surface area (Å²) < 4.78 is 7.81. The van der Waals surface area contributed by atoms with Gasteiger partial charge < -0.3 is 19.9 Å². The number of aromatic nitrogens is 3. The van der Waals surface area contributed by atoms with Gasteiger partial charge in [-0.1, -0.05) is 19.1 Å². The lowest BCUT2D eigenvalue weighted by atomic mass is 10.1. The first-order valence-electron chi connectivity index (χ1n) is 8.56. The highest BCUT2D eigenvalue weighted by molar-refractivity contribution is 5.79. The van der Waals surface area contributed by atoms with Crippen molar-refractivity contribution in [1.29, 1.82) is 0 Å². The summed E-state index contributed by atoms with van der Waals surface area (Å²) in [7, 11) is 3.70. The van der Waals surface area contributed by atoms with Crippen LogP contribution in [-0.4, -0.2) is 34.4 Å². The molecule has 2 N–H and O–H groups in total. The number of nitrogens with one attached hydrogen (secondary N) is 2. The molecular formula is C18H28N6O. The van der Waals surface area contributed by atoms with E-state index in [1.807, 2.05) is 18.5 Å². The monoisotopic (exact) mass is 344 g/mol. The van der Waals surface area contributed by atoms with E-state index in [0.29, 0.717) is 19.0 Å². The van der Waals surface area contributed by atoms with E-state index in [0.717, 1.165) is 36.0 Å². The molecular weight excluding hydrogens is 316 g/mol. The summed E-state index contributed by atoms with van der Waals surface area (Å²) in [6, 6.07) is 6.26. The zero-order valence-corrected chi connectivity index (χ0v) is 15.8. The smallest absolute Gasteiger partial charge is 0.191 e. The van der Waals surface area contributed by atoms with E-state index in [9.17, 15) is 0 Å². The average molecular weight is 344 g/mol. The van der Waals surface area contributed by atoms with Crippen LogP contribution in [0.5, 0.6) is 5.75 Å². The van der Waals surface area contributed by atoms with Crippen LogP contribution < -0.4 is 15.4 Å². The fourth-order valence-electron chi connectivity index (χ4n) is 2.32. The summed E-state index contributed by atoms with van der Waals surface area (Å²) in [5.74, 6) is 3.39. The molecule has 0 spiro atoms. The van der Waals surface area contributed by atoms with Crippen LogP contribution in [0.2, 0.25) is 0 Å². The Bertz CT molecular complexity index is 722. The van der Waals surface area contributed by atoms with Gasteiger partial charge in [0.05, 0.1) is 13.2 Å². The highest BCUT2D eigenvalue weighted by Crippen LogP contribution is 2.20. The molecule has 0 saturated heterocycles. The van der Waals surface area contributed by atoms with E-state index in [4.69, 9.17) is 4.74 Å². The fraction of sp³-hybridized carbons (Fsp3) is 0.500. The van der Waals surface area contributed by atoms with Gasteiger partial charge in [-0.05, 0) is 31.9 Å². The summed E-state index contributed by atoms with van der Waals surface area (Å²) in [5, 5.41) is 14.8. The molecule has 0 fully saturated rings. The molecule has 136 valence electrons. The number of hydrogen-bond acceptors (Lipinski definition) is 4. The van der Waals surface area contributed by atoms with Crippen LogP contribution >= 0.6 is 0 Å². The SMILES string of the molecule is CCCOc1cc(C)ccc1CNC(=NC)NCc1nnc(C)n1C. The zero-order valence-electron chi connectivity index (χ0n) is 15.8. The summed E-state index contributed by atoms with van der Waals surface area (Å²) >= 11 is 0. The standard InChI is InChI=1S/C18H28N6O/c1-6-9-25-16-10-13(2)7-8-15(16)11-20-18(19-4)21-12-17-23-22-14(3)24(17)5/h7-8,10H,6,9,11-12H2,1-5H3,(H2,19,20,21). The molecule has 1 aromatic heterocycles. The summed E-state index contributed by atoms with van der Waals surface area (Å²) in [6.07, 6.45) is 0.987. The molecule has 2 aromatic rings. The Morgan fingerprint density at radius 2 is 1.96 bits per heavy atom. The predicted octanol–water partition coefficient (Wildman–Crippen LogP) is 2.09. The molecule has 0 saturated carbocycles. The molecule has 1 aromatic carbocycles. The van der Waals surface area contributed by atoms with Crippen LogP contribution in [0.25, 0.3) is 0 Å². The normalized spacial score (nSPS) is 11.5. The van der Waals surface area contributed by atoms with Crippen molar-refractivity contribution in [2.75, 3.05) is 13.7 Å². The second-order valence-electron chi connectivity index (χ2n) is 5.96. The molecule has 0 amide bonds. The van der Waals surface area contributed by atoms with E-state index in [-0.39, 0.29) is 0 Å². The van der Waals surface area contributed by atoms with Crippen LogP contribution in [0.4, 0.5) is 0 Å². The molecule has 0 unspecified atom stereocenters. The second-order valence-corrected chi connectivity index (χ2v) is 5.96. The third-order valence-electron chi connectivity index (χ3n) is 3.95. The maximum Gasteiger partial charge on any atom is 0.191 e. The van der Waals surface area contributed by atoms with Crippen molar-refractivity contribution >= 4 is 5.96 Å². The van der Waals surface area contributed by atoms with Crippen LogP contribution in [0.3, 0.4) is 0 Å². The Hall–Kier alpha value is -2.57. The highest BCUT2D eigenvalue weighted by atomic mass is 16.5. The molecule has 25 heavy (non-hydrogen) atoms. The number of hydrogen-bond donors (Lipinski definition) is 2. The molecule has 0 aliphatic heterocycles. The molecule has 0 aliphatic rings. The van der Waals surface area contributed by atoms with E-state index >= 15 is 0 Å². The van der Waals surface area contributed by atoms with Crippen molar-refractivity contribution < 1.29 is 4.74 Å². The Labute approximate surface area is 149 Å². The minimum Gasteiger partial charge on any atom is -0.493 e. The average Bonchev–Trinajstić information content (AvgIpc) is 2.93. The van der Waals surface area contributed by atoms with Crippen molar-refractivity contribution in [1.82, 2.24) is 25.4 Å². The largest absolute Gasteiger partial charge is 0.493 e. The molecule has 2 rings (SSSR count). The Kier molecular flexibility index (Phi) is 6.80. The van der Waals surface area contributed by atoms with E-state index in [2.05, 4.69) is 57.9 Å². The van der Waals surface area contributed by atoms with Gasteiger partial charge in [0.1, 0.15) is 11.6 Å². The first kappa shape index (κ1) is 18.8. The highest BCUT2D eigenvalue weighted by Gasteiger charge is 2.08. The van der Waals surface area contributed by atoms with Crippen LogP contribution in [0.1, 0.15) is 36.1 Å². The summed E-state index contributed by atoms with van der Waals surface area (Å²) in [6.45, 7) is 8.02. The zero-order chi connectivity index (χ0) is 18.2. The number of guanidine groups is 1. The van der Waals surface area contributed by atoms with Gasteiger partial charge in [-0.25, -0.2) is 0 Å². The van der Waals surface area contributed by atoms with Gasteiger partial charge in [-0.15, -0.1) is 10.2 Å². The fourth-order valence-corrected chi connectivity index (χ4v) is 2.32. The molecule has 7 heteroatoms. The minimum atomic E-state index is 0.560. The molecule has 0 radical (unpaired) electrons. The number of nitrogens with zero attached hydrogens (tertiary/aromatic N) is 4. The number of ether oxygens (including phenoxy) is 1. The van der Waals surface area contributed by atoms with E-state index in [1.54, 1.807) is 7.05 Å². The number of rotatable bonds is 7. The van der Waals surface area contributed by atoms with Gasteiger partial charge in [0.15, 0.2) is 11.8 Å². The third kappa shape index (κ3) is 5.20. The van der Waals surface area contributed by atoms with Crippen LogP contribution in [0, 0.1) is 13.8 Å². The molecule has 0 bridgehead atoms. The molecule has 7 nitrogen and oxygen atoms in total. The molecule has 1 heterocycles. The van der Waals surface area contributed by atoms with Crippen LogP contribution in [0.15, 0.2) is 23.2 Å². The minimum absolute atomic E-state index is 0.560.